The van der Waals surface area contributed by atoms with Crippen molar-refractivity contribution >= 4 is 44.0 Å². The highest BCUT2D eigenvalue weighted by Gasteiger charge is 2.06. The largest absolute Gasteiger partial charge is 0.340 e. The van der Waals surface area contributed by atoms with Crippen molar-refractivity contribution in [1.29, 1.82) is 0 Å². The first-order chi connectivity index (χ1) is 10.2. The van der Waals surface area contributed by atoms with Crippen molar-refractivity contribution in [1.82, 2.24) is 9.97 Å². The summed E-state index contributed by atoms with van der Waals surface area (Å²) in [5, 5.41) is 5.63. The molecular weight excluding hydrogens is 330 g/mol. The van der Waals surface area contributed by atoms with Gasteiger partial charge in [-0.2, -0.15) is 0 Å². The van der Waals surface area contributed by atoms with E-state index in [0.717, 1.165) is 26.9 Å². The minimum absolute atomic E-state index is 0.609. The van der Waals surface area contributed by atoms with Gasteiger partial charge in [0.15, 0.2) is 0 Å². The van der Waals surface area contributed by atoms with Crippen LogP contribution in [-0.2, 0) is 0 Å². The molecule has 5 nitrogen and oxygen atoms in total. The summed E-state index contributed by atoms with van der Waals surface area (Å²) in [6.07, 6.45) is 1.47. The molecule has 0 aliphatic rings. The standard InChI is InChI=1S/C15H14BrN5/c1-9-14(18-8-19-15(9)21-17)20-13-5-3-10-6-12(16)4-2-11(10)7-13/h2-8H,17H2,1H3,(H2,18,19,20,21). The number of anilines is 3. The van der Waals surface area contributed by atoms with E-state index in [0.29, 0.717) is 5.82 Å². The van der Waals surface area contributed by atoms with Crippen LogP contribution in [-0.4, -0.2) is 9.97 Å². The minimum atomic E-state index is 0.609. The van der Waals surface area contributed by atoms with E-state index in [1.807, 2.05) is 19.1 Å². The molecule has 0 saturated carbocycles. The van der Waals surface area contributed by atoms with Crippen LogP contribution in [0.25, 0.3) is 10.8 Å². The fourth-order valence-corrected chi connectivity index (χ4v) is 2.53. The second-order valence-corrected chi connectivity index (χ2v) is 5.59. The van der Waals surface area contributed by atoms with Crippen molar-refractivity contribution in [2.75, 3.05) is 10.7 Å². The molecular formula is C15H14BrN5. The number of hydrogen-bond donors (Lipinski definition) is 3. The number of nitrogens with two attached hydrogens (primary N) is 1. The zero-order valence-electron chi connectivity index (χ0n) is 11.4. The quantitative estimate of drug-likeness (QED) is 0.499. The Hall–Kier alpha value is -2.18. The number of halogens is 1. The molecule has 0 aliphatic carbocycles. The average molecular weight is 344 g/mol. The van der Waals surface area contributed by atoms with Crippen molar-refractivity contribution in [3.05, 3.63) is 52.8 Å². The maximum Gasteiger partial charge on any atom is 0.148 e. The summed E-state index contributed by atoms with van der Waals surface area (Å²) in [6.45, 7) is 1.91. The SMILES string of the molecule is Cc1c(NN)ncnc1Nc1ccc2cc(Br)ccc2c1. The molecule has 0 aliphatic heterocycles. The lowest BCUT2D eigenvalue weighted by molar-refractivity contribution is 1.11. The highest BCUT2D eigenvalue weighted by Crippen LogP contribution is 2.26. The first kappa shape index (κ1) is 13.8. The second kappa shape index (κ2) is 5.67. The molecule has 0 amide bonds. The van der Waals surface area contributed by atoms with Crippen LogP contribution in [0.15, 0.2) is 47.2 Å². The third-order valence-electron chi connectivity index (χ3n) is 3.29. The van der Waals surface area contributed by atoms with Crippen LogP contribution < -0.4 is 16.6 Å². The molecule has 106 valence electrons. The fraction of sp³-hybridized carbons (Fsp3) is 0.0667. The monoisotopic (exact) mass is 343 g/mol. The molecule has 3 rings (SSSR count). The van der Waals surface area contributed by atoms with Crippen molar-refractivity contribution in [2.24, 2.45) is 5.84 Å². The number of rotatable bonds is 3. The van der Waals surface area contributed by atoms with Crippen LogP contribution in [0, 0.1) is 6.92 Å². The van der Waals surface area contributed by atoms with Gasteiger partial charge in [0.2, 0.25) is 0 Å². The number of nitrogens with zero attached hydrogens (tertiary/aromatic N) is 2. The zero-order valence-corrected chi connectivity index (χ0v) is 13.0. The Labute approximate surface area is 130 Å². The number of fused-ring (bicyclic) bond motifs is 1. The number of hydrazine groups is 1. The second-order valence-electron chi connectivity index (χ2n) is 4.67. The summed E-state index contributed by atoms with van der Waals surface area (Å²) in [6, 6.07) is 12.4. The highest BCUT2D eigenvalue weighted by molar-refractivity contribution is 9.10. The van der Waals surface area contributed by atoms with Gasteiger partial charge in [-0.3, -0.25) is 0 Å². The van der Waals surface area contributed by atoms with Gasteiger partial charge in [0.1, 0.15) is 18.0 Å². The van der Waals surface area contributed by atoms with Gasteiger partial charge in [-0.1, -0.05) is 28.1 Å². The fourth-order valence-electron chi connectivity index (χ4n) is 2.15. The van der Waals surface area contributed by atoms with E-state index in [1.165, 1.54) is 11.7 Å². The van der Waals surface area contributed by atoms with Crippen LogP contribution in [0.1, 0.15) is 5.56 Å². The Morgan fingerprint density at radius 1 is 1.00 bits per heavy atom. The molecule has 0 bridgehead atoms. The van der Waals surface area contributed by atoms with Crippen LogP contribution in [0.4, 0.5) is 17.3 Å². The number of aromatic nitrogens is 2. The first-order valence-corrected chi connectivity index (χ1v) is 7.21. The minimum Gasteiger partial charge on any atom is -0.340 e. The smallest absolute Gasteiger partial charge is 0.148 e. The summed E-state index contributed by atoms with van der Waals surface area (Å²) in [7, 11) is 0. The molecule has 21 heavy (non-hydrogen) atoms. The van der Waals surface area contributed by atoms with Gasteiger partial charge in [-0.25, -0.2) is 15.8 Å². The van der Waals surface area contributed by atoms with Gasteiger partial charge in [-0.15, -0.1) is 0 Å². The lowest BCUT2D eigenvalue weighted by Crippen LogP contribution is -2.11. The topological polar surface area (TPSA) is 75.9 Å². The predicted molar refractivity (Wildman–Crippen MR) is 89.5 cm³/mol. The summed E-state index contributed by atoms with van der Waals surface area (Å²) in [5.41, 5.74) is 4.40. The van der Waals surface area contributed by atoms with Gasteiger partial charge in [-0.05, 0) is 42.0 Å². The van der Waals surface area contributed by atoms with Crippen molar-refractivity contribution < 1.29 is 0 Å². The number of benzene rings is 2. The van der Waals surface area contributed by atoms with Crippen LogP contribution in [0.3, 0.4) is 0 Å². The Bertz CT molecular complexity index is 803. The molecule has 1 heterocycles. The van der Waals surface area contributed by atoms with Gasteiger partial charge in [0, 0.05) is 15.7 Å². The van der Waals surface area contributed by atoms with Crippen LogP contribution in [0.2, 0.25) is 0 Å². The van der Waals surface area contributed by atoms with E-state index in [-0.39, 0.29) is 0 Å². The Morgan fingerprint density at radius 3 is 2.52 bits per heavy atom. The molecule has 0 fully saturated rings. The summed E-state index contributed by atoms with van der Waals surface area (Å²) in [4.78, 5) is 8.32. The lowest BCUT2D eigenvalue weighted by Gasteiger charge is -2.11. The molecule has 3 aromatic rings. The van der Waals surface area contributed by atoms with E-state index in [4.69, 9.17) is 5.84 Å². The van der Waals surface area contributed by atoms with E-state index in [1.54, 1.807) is 0 Å². The molecule has 2 aromatic carbocycles. The summed E-state index contributed by atoms with van der Waals surface area (Å²) in [5.74, 6) is 6.77. The Balaban J connectivity index is 1.96. The molecule has 0 spiro atoms. The molecule has 0 unspecified atom stereocenters. The van der Waals surface area contributed by atoms with Crippen LogP contribution in [0.5, 0.6) is 0 Å². The van der Waals surface area contributed by atoms with Gasteiger partial charge in [0.05, 0.1) is 0 Å². The van der Waals surface area contributed by atoms with Crippen molar-refractivity contribution in [3.8, 4) is 0 Å². The normalized spacial score (nSPS) is 10.6. The highest BCUT2D eigenvalue weighted by atomic mass is 79.9. The molecule has 0 radical (unpaired) electrons. The lowest BCUT2D eigenvalue weighted by atomic mass is 10.1. The molecule has 0 atom stereocenters. The maximum atomic E-state index is 5.43. The number of nitrogen functional groups attached to an aromatic ring is 1. The molecule has 1 aromatic heterocycles. The summed E-state index contributed by atoms with van der Waals surface area (Å²) >= 11 is 3.48. The van der Waals surface area contributed by atoms with E-state index >= 15 is 0 Å². The number of hydrogen-bond acceptors (Lipinski definition) is 5. The zero-order chi connectivity index (χ0) is 14.8. The van der Waals surface area contributed by atoms with E-state index < -0.39 is 0 Å². The predicted octanol–water partition coefficient (Wildman–Crippen LogP) is 3.73. The van der Waals surface area contributed by atoms with Crippen molar-refractivity contribution in [3.63, 3.8) is 0 Å². The van der Waals surface area contributed by atoms with Gasteiger partial charge < -0.3 is 10.7 Å². The summed E-state index contributed by atoms with van der Waals surface area (Å²) < 4.78 is 1.07. The first-order valence-electron chi connectivity index (χ1n) is 6.42. The number of nitrogens with one attached hydrogen (secondary N) is 2. The van der Waals surface area contributed by atoms with Crippen molar-refractivity contribution in [2.45, 2.75) is 6.92 Å². The Kier molecular flexibility index (Phi) is 3.72. The van der Waals surface area contributed by atoms with Gasteiger partial charge >= 0.3 is 0 Å². The van der Waals surface area contributed by atoms with E-state index in [2.05, 4.69) is 60.9 Å². The third kappa shape index (κ3) is 2.81. The van der Waals surface area contributed by atoms with E-state index in [9.17, 15) is 0 Å². The molecule has 0 saturated heterocycles. The Morgan fingerprint density at radius 2 is 1.71 bits per heavy atom. The molecule has 6 heteroatoms. The molecule has 4 N–H and O–H groups in total. The van der Waals surface area contributed by atoms with Gasteiger partial charge in [0.25, 0.3) is 0 Å². The third-order valence-corrected chi connectivity index (χ3v) is 3.78. The maximum absolute atomic E-state index is 5.43. The van der Waals surface area contributed by atoms with Crippen LogP contribution >= 0.6 is 15.9 Å². The average Bonchev–Trinajstić information content (AvgIpc) is 2.49.